The summed E-state index contributed by atoms with van der Waals surface area (Å²) in [4.78, 5) is 122. The number of fused-ring (bicyclic) bond motifs is 6. The summed E-state index contributed by atoms with van der Waals surface area (Å²) in [5.41, 5.74) is 6.50. The molecule has 0 saturated heterocycles. The number of benzene rings is 8. The second kappa shape index (κ2) is 16.2. The molecule has 0 unspecified atom stereocenters. The maximum atomic E-state index is 14.2. The smallest absolute Gasteiger partial charge is 0.266 e. The number of nitrogens with zero attached hydrogens (tertiary/aromatic N) is 6. The third kappa shape index (κ3) is 6.56. The van der Waals surface area contributed by atoms with Crippen molar-refractivity contribution in [1.82, 2.24) is 14.9 Å². The van der Waals surface area contributed by atoms with Crippen LogP contribution in [0.4, 0.5) is 17.1 Å². The molecule has 0 bridgehead atoms. The fraction of sp³-hybridized carbons (Fsp3) is 0.0333. The third-order valence-electron chi connectivity index (χ3n) is 14.5. The minimum Gasteiger partial charge on any atom is -0.507 e. The van der Waals surface area contributed by atoms with E-state index in [-0.39, 0.29) is 107 Å². The predicted molar refractivity (Wildman–Crippen MR) is 281 cm³/mol. The Bertz CT molecular complexity index is 4550. The third-order valence-corrected chi connectivity index (χ3v) is 14.5. The fourth-order valence-corrected chi connectivity index (χ4v) is 10.5. The van der Waals surface area contributed by atoms with E-state index in [9.17, 15) is 48.6 Å². The van der Waals surface area contributed by atoms with Crippen LogP contribution in [-0.2, 0) is 0 Å². The van der Waals surface area contributed by atoms with E-state index in [4.69, 9.17) is 8.83 Å². The molecule has 0 atom stereocenters. The van der Waals surface area contributed by atoms with Gasteiger partial charge in [-0.1, -0.05) is 30.3 Å². The van der Waals surface area contributed by atoms with Crippen LogP contribution in [-0.4, -0.2) is 79.4 Å². The van der Waals surface area contributed by atoms with Gasteiger partial charge in [0.1, 0.15) is 22.5 Å². The molecule has 0 aliphatic carbocycles. The zero-order valence-electron chi connectivity index (χ0n) is 40.5. The van der Waals surface area contributed by atoms with Gasteiger partial charge in [-0.2, -0.15) is 0 Å². The molecule has 18 heteroatoms. The Hall–Kier alpha value is -11.1. The lowest BCUT2D eigenvalue weighted by Crippen LogP contribution is -2.29. The molecule has 8 aromatic carbocycles. The molecular weight excluding hydrogens is 997 g/mol. The van der Waals surface area contributed by atoms with Gasteiger partial charge in [-0.3, -0.25) is 43.3 Å². The number of anilines is 3. The zero-order valence-corrected chi connectivity index (χ0v) is 40.5. The highest BCUT2D eigenvalue weighted by Crippen LogP contribution is 2.42. The van der Waals surface area contributed by atoms with Crippen LogP contribution < -0.4 is 14.7 Å². The molecule has 10 aromatic rings. The van der Waals surface area contributed by atoms with E-state index in [2.05, 4.69) is 9.97 Å². The number of aromatic hydroxyl groups is 2. The highest BCUT2D eigenvalue weighted by atomic mass is 16.4. The molecule has 18 nitrogen and oxygen atoms in total. The zero-order chi connectivity index (χ0) is 53.7. The average molecular weight is 1030 g/mol. The number of oxazole rings is 2. The van der Waals surface area contributed by atoms with Gasteiger partial charge >= 0.3 is 0 Å². The van der Waals surface area contributed by atoms with Crippen LogP contribution in [0.3, 0.4) is 0 Å². The van der Waals surface area contributed by atoms with Crippen molar-refractivity contribution in [2.24, 2.45) is 0 Å². The van der Waals surface area contributed by atoms with Gasteiger partial charge < -0.3 is 19.0 Å². The van der Waals surface area contributed by atoms with Crippen LogP contribution in [0.25, 0.3) is 67.4 Å². The van der Waals surface area contributed by atoms with Gasteiger partial charge in [0.05, 0.1) is 72.7 Å². The SMILES string of the molecule is Cc1ccc2oc(-c3ccc(N4C(=O)c5ccc(-c6ccc7c(c6)C(=O)N(c6ccc(O)c(-c8nc9cc(N%10C(=O)c%11ccc(-c%12ccc%13c(c%12)C(=O)N(C)C%13=O)cc%11C%10=O)ccc9o8)c6)C7=O)cc5C4=O)cc3O)nc2c1. The molecule has 0 spiro atoms. The maximum Gasteiger partial charge on any atom is 0.266 e. The van der Waals surface area contributed by atoms with Crippen LogP contribution in [0.1, 0.15) is 88.4 Å². The van der Waals surface area contributed by atoms with E-state index < -0.39 is 47.3 Å². The van der Waals surface area contributed by atoms with Gasteiger partial charge in [0.25, 0.3) is 47.3 Å². The van der Waals surface area contributed by atoms with Crippen molar-refractivity contribution in [3.05, 3.63) is 196 Å². The molecule has 4 aliphatic heterocycles. The molecule has 374 valence electrons. The van der Waals surface area contributed by atoms with Crippen molar-refractivity contribution < 1.29 is 57.4 Å². The van der Waals surface area contributed by atoms with Crippen LogP contribution >= 0.6 is 0 Å². The summed E-state index contributed by atoms with van der Waals surface area (Å²) in [5.74, 6) is -5.08. The first kappa shape index (κ1) is 45.5. The predicted octanol–water partition coefficient (Wildman–Crippen LogP) is 9.98. The van der Waals surface area contributed by atoms with Crippen molar-refractivity contribution in [1.29, 1.82) is 0 Å². The number of hydrogen-bond donors (Lipinski definition) is 2. The van der Waals surface area contributed by atoms with Crippen LogP contribution in [0.15, 0.2) is 154 Å². The Morgan fingerprint density at radius 3 is 1.23 bits per heavy atom. The van der Waals surface area contributed by atoms with E-state index in [1.165, 1.54) is 92.0 Å². The quantitative estimate of drug-likeness (QED) is 0.141. The molecule has 2 N–H and O–H groups in total. The Morgan fingerprint density at radius 1 is 0.346 bits per heavy atom. The Kier molecular flexibility index (Phi) is 9.43. The summed E-state index contributed by atoms with van der Waals surface area (Å²) in [6.07, 6.45) is 0. The first-order valence-electron chi connectivity index (χ1n) is 24.1. The lowest BCUT2D eigenvalue weighted by molar-refractivity contribution is 0.0690. The molecular formula is C60H32N6O12. The Labute approximate surface area is 438 Å². The van der Waals surface area contributed by atoms with E-state index >= 15 is 0 Å². The van der Waals surface area contributed by atoms with Crippen LogP contribution in [0.2, 0.25) is 0 Å². The fourth-order valence-electron chi connectivity index (χ4n) is 10.5. The first-order chi connectivity index (χ1) is 37.6. The first-order valence-corrected chi connectivity index (χ1v) is 24.1. The number of aryl methyl sites for hydroxylation is 1. The van der Waals surface area contributed by atoms with E-state index in [0.29, 0.717) is 33.4 Å². The lowest BCUT2D eigenvalue weighted by Gasteiger charge is -2.15. The van der Waals surface area contributed by atoms with E-state index in [1.54, 1.807) is 48.5 Å². The second-order valence-corrected chi connectivity index (χ2v) is 19.1. The van der Waals surface area contributed by atoms with Crippen molar-refractivity contribution in [3.63, 3.8) is 0 Å². The van der Waals surface area contributed by atoms with Gasteiger partial charge in [-0.25, -0.2) is 24.7 Å². The Balaban J connectivity index is 0.703. The van der Waals surface area contributed by atoms with E-state index in [0.717, 1.165) is 25.2 Å². The van der Waals surface area contributed by atoms with Gasteiger partial charge in [0, 0.05) is 13.1 Å². The molecule has 0 saturated carbocycles. The number of carbonyl (C=O) groups is 8. The number of phenolic OH excluding ortho intramolecular Hbond substituents is 2. The average Bonchev–Trinajstić information content (AvgIpc) is 4.42. The number of phenols is 2. The largest absolute Gasteiger partial charge is 0.507 e. The minimum atomic E-state index is -0.676. The van der Waals surface area contributed by atoms with Gasteiger partial charge in [-0.05, 0) is 144 Å². The summed E-state index contributed by atoms with van der Waals surface area (Å²) in [6.45, 7) is 1.92. The summed E-state index contributed by atoms with van der Waals surface area (Å²) in [5, 5.41) is 22.2. The van der Waals surface area contributed by atoms with Crippen molar-refractivity contribution >= 4 is 86.5 Å². The number of imide groups is 4. The van der Waals surface area contributed by atoms with Crippen LogP contribution in [0, 0.1) is 6.92 Å². The molecule has 14 rings (SSSR count). The minimum absolute atomic E-state index is 0.0239. The molecule has 78 heavy (non-hydrogen) atoms. The number of carbonyl (C=O) groups excluding carboxylic acids is 8. The van der Waals surface area contributed by atoms with Crippen molar-refractivity contribution in [2.75, 3.05) is 21.7 Å². The highest BCUT2D eigenvalue weighted by Gasteiger charge is 2.41. The standard InChI is InChI=1S/C60H32N6O12/c1-27-3-17-49-45(19-27)61-51(77-49)39-15-8-34(26-48(39)68)66-57(73)38-14-7-31(23-43(38)60(66)76)30-6-12-36-41(22-30)58(74)64(55(36)71)32-9-16-47(67)44(24-32)52-62-46-25-33(10-18-50(46)78-52)65-56(72)37-13-5-29(21-42(37)59(65)75)28-4-11-35-40(20-28)54(70)63(2)53(35)69/h3-26,67-68H,1-2H3. The monoisotopic (exact) mass is 1030 g/mol. The number of rotatable bonds is 7. The van der Waals surface area contributed by atoms with Gasteiger partial charge in [0.2, 0.25) is 11.8 Å². The van der Waals surface area contributed by atoms with Crippen LogP contribution in [0.5, 0.6) is 11.5 Å². The topological polar surface area (TPSA) is 242 Å². The molecule has 4 aliphatic rings. The molecule has 0 radical (unpaired) electrons. The lowest BCUT2D eigenvalue weighted by atomic mass is 9.97. The second-order valence-electron chi connectivity index (χ2n) is 19.1. The van der Waals surface area contributed by atoms with Crippen molar-refractivity contribution in [3.8, 4) is 56.7 Å². The summed E-state index contributed by atoms with van der Waals surface area (Å²) < 4.78 is 11.9. The van der Waals surface area contributed by atoms with Gasteiger partial charge in [0.15, 0.2) is 11.2 Å². The maximum absolute atomic E-state index is 14.2. The van der Waals surface area contributed by atoms with E-state index in [1.807, 2.05) is 19.1 Å². The molecule has 8 amide bonds. The summed E-state index contributed by atoms with van der Waals surface area (Å²) >= 11 is 0. The molecule has 0 fully saturated rings. The van der Waals surface area contributed by atoms with Crippen molar-refractivity contribution in [2.45, 2.75) is 6.92 Å². The number of aromatic nitrogens is 2. The van der Waals surface area contributed by atoms with Gasteiger partial charge in [-0.15, -0.1) is 0 Å². The number of amides is 8. The highest BCUT2D eigenvalue weighted by molar-refractivity contribution is 6.37. The number of hydrogen-bond acceptors (Lipinski definition) is 14. The normalized spacial score (nSPS) is 14.7. The summed E-state index contributed by atoms with van der Waals surface area (Å²) in [6, 6.07) is 37.2. The molecule has 6 heterocycles. The summed E-state index contributed by atoms with van der Waals surface area (Å²) in [7, 11) is 1.40. The molecule has 2 aromatic heterocycles. The Morgan fingerprint density at radius 2 is 0.718 bits per heavy atom.